The number of anilines is 1. The van der Waals surface area contributed by atoms with Gasteiger partial charge in [-0.2, -0.15) is 4.31 Å². The van der Waals surface area contributed by atoms with E-state index in [0.717, 1.165) is 12.8 Å². The van der Waals surface area contributed by atoms with Gasteiger partial charge in [0.05, 0.1) is 5.02 Å². The highest BCUT2D eigenvalue weighted by molar-refractivity contribution is 7.89. The lowest BCUT2D eigenvalue weighted by atomic mass is 10.2. The molecule has 0 aliphatic carbocycles. The van der Waals surface area contributed by atoms with Crippen molar-refractivity contribution in [2.24, 2.45) is 0 Å². The standard InChI is InChI=1S/C19H16Cl2N2O4S/c20-13-3-6-16-12(9-13)10-17(27-16)19(24)22-14-4-5-15(21)18(11-14)28(25,26)23-7-1-2-8-23/h3-6,9-11H,1-2,7-8H2,(H,22,24). The molecule has 146 valence electrons. The molecule has 0 bridgehead atoms. The van der Waals surface area contributed by atoms with E-state index in [-0.39, 0.29) is 15.7 Å². The minimum absolute atomic E-state index is 0.0229. The molecule has 1 aromatic heterocycles. The predicted molar refractivity (Wildman–Crippen MR) is 109 cm³/mol. The lowest BCUT2D eigenvalue weighted by molar-refractivity contribution is 0.0998. The van der Waals surface area contributed by atoms with Gasteiger partial charge in [-0.15, -0.1) is 0 Å². The lowest BCUT2D eigenvalue weighted by Crippen LogP contribution is -2.28. The topological polar surface area (TPSA) is 79.6 Å². The molecule has 6 nitrogen and oxygen atoms in total. The van der Waals surface area contributed by atoms with E-state index < -0.39 is 15.9 Å². The fraction of sp³-hybridized carbons (Fsp3) is 0.211. The molecule has 0 radical (unpaired) electrons. The first kappa shape index (κ1) is 19.3. The van der Waals surface area contributed by atoms with E-state index in [9.17, 15) is 13.2 Å². The van der Waals surface area contributed by atoms with Crippen LogP contribution in [0.1, 0.15) is 23.4 Å². The molecule has 9 heteroatoms. The zero-order valence-corrected chi connectivity index (χ0v) is 16.9. The largest absolute Gasteiger partial charge is 0.451 e. The van der Waals surface area contributed by atoms with Gasteiger partial charge in [-0.3, -0.25) is 4.79 Å². The number of benzene rings is 2. The van der Waals surface area contributed by atoms with Crippen LogP contribution in [0.15, 0.2) is 51.8 Å². The Hall–Kier alpha value is -2.06. The second kappa shape index (κ2) is 7.40. The highest BCUT2D eigenvalue weighted by Crippen LogP contribution is 2.30. The van der Waals surface area contributed by atoms with Gasteiger partial charge >= 0.3 is 0 Å². The number of hydrogen-bond acceptors (Lipinski definition) is 4. The van der Waals surface area contributed by atoms with Gasteiger partial charge < -0.3 is 9.73 Å². The quantitative estimate of drug-likeness (QED) is 0.635. The van der Waals surface area contributed by atoms with Crippen LogP contribution in [-0.2, 0) is 10.0 Å². The summed E-state index contributed by atoms with van der Waals surface area (Å²) in [5, 5.41) is 4.01. The number of nitrogens with one attached hydrogen (secondary N) is 1. The van der Waals surface area contributed by atoms with Crippen molar-refractivity contribution in [2.45, 2.75) is 17.7 Å². The third kappa shape index (κ3) is 3.63. The molecule has 0 spiro atoms. The third-order valence-electron chi connectivity index (χ3n) is 4.57. The number of carbonyl (C=O) groups excluding carboxylic acids is 1. The maximum Gasteiger partial charge on any atom is 0.291 e. The van der Waals surface area contributed by atoms with E-state index in [1.807, 2.05) is 0 Å². The summed E-state index contributed by atoms with van der Waals surface area (Å²) in [4.78, 5) is 12.5. The van der Waals surface area contributed by atoms with Crippen LogP contribution < -0.4 is 5.32 Å². The van der Waals surface area contributed by atoms with E-state index in [1.165, 1.54) is 16.4 Å². The van der Waals surface area contributed by atoms with Crippen LogP contribution in [0.5, 0.6) is 0 Å². The Morgan fingerprint density at radius 1 is 1.04 bits per heavy atom. The zero-order chi connectivity index (χ0) is 19.9. The van der Waals surface area contributed by atoms with Crippen LogP contribution in [-0.4, -0.2) is 31.7 Å². The van der Waals surface area contributed by atoms with E-state index >= 15 is 0 Å². The number of furan rings is 1. The number of nitrogens with zero attached hydrogens (tertiary/aromatic N) is 1. The second-order valence-corrected chi connectivity index (χ2v) is 9.25. The van der Waals surface area contributed by atoms with Gasteiger partial charge in [0.2, 0.25) is 10.0 Å². The molecule has 1 fully saturated rings. The Morgan fingerprint density at radius 3 is 2.54 bits per heavy atom. The summed E-state index contributed by atoms with van der Waals surface area (Å²) < 4.78 is 32.6. The fourth-order valence-electron chi connectivity index (χ4n) is 3.17. The van der Waals surface area contributed by atoms with Gasteiger partial charge in [-0.1, -0.05) is 23.2 Å². The maximum absolute atomic E-state index is 12.8. The van der Waals surface area contributed by atoms with E-state index in [2.05, 4.69) is 5.32 Å². The van der Waals surface area contributed by atoms with Crippen LogP contribution in [0, 0.1) is 0 Å². The number of hydrogen-bond donors (Lipinski definition) is 1. The Kier molecular flexibility index (Phi) is 5.09. The number of halogens is 2. The number of rotatable bonds is 4. The average Bonchev–Trinajstić information content (AvgIpc) is 3.32. The van der Waals surface area contributed by atoms with Crippen molar-refractivity contribution in [2.75, 3.05) is 18.4 Å². The van der Waals surface area contributed by atoms with Crippen molar-refractivity contribution < 1.29 is 17.6 Å². The second-order valence-electron chi connectivity index (χ2n) is 6.50. The SMILES string of the molecule is O=C(Nc1ccc(Cl)c(S(=O)(=O)N2CCCC2)c1)c1cc2cc(Cl)ccc2o1. The fourth-order valence-corrected chi connectivity index (χ4v) is 5.36. The Balaban J connectivity index is 1.61. The van der Waals surface area contributed by atoms with E-state index in [0.29, 0.717) is 34.8 Å². The Labute approximate surface area is 172 Å². The normalized spacial score (nSPS) is 15.2. The van der Waals surface area contributed by atoms with Gasteiger partial charge in [0, 0.05) is 29.2 Å². The van der Waals surface area contributed by atoms with E-state index in [1.54, 1.807) is 30.3 Å². The molecule has 3 aromatic rings. The highest BCUT2D eigenvalue weighted by Gasteiger charge is 2.29. The summed E-state index contributed by atoms with van der Waals surface area (Å²) in [7, 11) is -3.71. The third-order valence-corrected chi connectivity index (χ3v) is 7.19. The first-order valence-electron chi connectivity index (χ1n) is 8.65. The Bertz CT molecular complexity index is 1170. The summed E-state index contributed by atoms with van der Waals surface area (Å²) in [5.41, 5.74) is 0.841. The molecule has 2 aromatic carbocycles. The summed E-state index contributed by atoms with van der Waals surface area (Å²) in [6, 6.07) is 11.0. The molecule has 4 rings (SSSR count). The molecule has 1 amide bonds. The minimum Gasteiger partial charge on any atom is -0.451 e. The van der Waals surface area contributed by atoms with Crippen molar-refractivity contribution in [3.63, 3.8) is 0 Å². The van der Waals surface area contributed by atoms with Gasteiger partial charge in [-0.05, 0) is 55.3 Å². The van der Waals surface area contributed by atoms with Crippen LogP contribution in [0.4, 0.5) is 5.69 Å². The van der Waals surface area contributed by atoms with Crippen molar-refractivity contribution in [3.8, 4) is 0 Å². The molecule has 1 aliphatic rings. The first-order valence-corrected chi connectivity index (χ1v) is 10.8. The molecule has 0 atom stereocenters. The molecule has 2 heterocycles. The number of sulfonamides is 1. The van der Waals surface area contributed by atoms with Crippen LogP contribution in [0.2, 0.25) is 10.0 Å². The van der Waals surface area contributed by atoms with Crippen LogP contribution in [0.25, 0.3) is 11.0 Å². The zero-order valence-electron chi connectivity index (χ0n) is 14.6. The van der Waals surface area contributed by atoms with E-state index in [4.69, 9.17) is 27.6 Å². The Morgan fingerprint density at radius 2 is 1.79 bits per heavy atom. The highest BCUT2D eigenvalue weighted by atomic mass is 35.5. The summed E-state index contributed by atoms with van der Waals surface area (Å²) in [5.74, 6) is -0.407. The molecular formula is C19H16Cl2N2O4S. The molecule has 0 unspecified atom stereocenters. The molecule has 28 heavy (non-hydrogen) atoms. The number of carbonyl (C=O) groups is 1. The molecule has 1 aliphatic heterocycles. The lowest BCUT2D eigenvalue weighted by Gasteiger charge is -2.17. The minimum atomic E-state index is -3.71. The summed E-state index contributed by atoms with van der Waals surface area (Å²) in [6.45, 7) is 0.938. The van der Waals surface area contributed by atoms with Gasteiger partial charge in [-0.25, -0.2) is 8.42 Å². The van der Waals surface area contributed by atoms with Crippen LogP contribution >= 0.6 is 23.2 Å². The molecule has 1 N–H and O–H groups in total. The first-order chi connectivity index (χ1) is 13.3. The summed E-state index contributed by atoms with van der Waals surface area (Å²) >= 11 is 12.1. The van der Waals surface area contributed by atoms with Crippen molar-refractivity contribution in [1.29, 1.82) is 0 Å². The van der Waals surface area contributed by atoms with Gasteiger partial charge in [0.25, 0.3) is 5.91 Å². The van der Waals surface area contributed by atoms with Crippen molar-refractivity contribution >= 4 is 55.8 Å². The molecular weight excluding hydrogens is 423 g/mol. The number of amides is 1. The monoisotopic (exact) mass is 438 g/mol. The predicted octanol–water partition coefficient (Wildman–Crippen LogP) is 4.78. The maximum atomic E-state index is 12.8. The molecule has 0 saturated carbocycles. The van der Waals surface area contributed by atoms with Gasteiger partial charge in [0.1, 0.15) is 10.5 Å². The van der Waals surface area contributed by atoms with Gasteiger partial charge in [0.15, 0.2) is 5.76 Å². The van der Waals surface area contributed by atoms with Crippen LogP contribution in [0.3, 0.4) is 0 Å². The smallest absolute Gasteiger partial charge is 0.291 e. The van der Waals surface area contributed by atoms with Crippen molar-refractivity contribution in [1.82, 2.24) is 4.31 Å². The molecule has 1 saturated heterocycles. The number of fused-ring (bicyclic) bond motifs is 1. The van der Waals surface area contributed by atoms with Crippen molar-refractivity contribution in [3.05, 3.63) is 58.3 Å². The average molecular weight is 439 g/mol. The summed E-state index contributed by atoms with van der Waals surface area (Å²) in [6.07, 6.45) is 1.65.